The second kappa shape index (κ2) is 6.90. The summed E-state index contributed by atoms with van der Waals surface area (Å²) < 4.78 is 0. The van der Waals surface area contributed by atoms with E-state index in [-0.39, 0.29) is 0 Å². The molecule has 114 valence electrons. The molecule has 0 aliphatic heterocycles. The van der Waals surface area contributed by atoms with Gasteiger partial charge in [0.25, 0.3) is 0 Å². The zero-order chi connectivity index (χ0) is 16.1. The fraction of sp³-hybridized carbons (Fsp3) is 0.0500. The van der Waals surface area contributed by atoms with E-state index >= 15 is 0 Å². The highest BCUT2D eigenvalue weighted by Crippen LogP contribution is 2.20. The molecule has 0 spiro atoms. The SMILES string of the molecule is Cc1ccc(N=C(c2ccccc2)N(O)c2ccccc2)cc1. The maximum absolute atomic E-state index is 10.7. The molecule has 0 heterocycles. The number of aliphatic imine (C=N–C) groups is 1. The van der Waals surface area contributed by atoms with Crippen LogP contribution in [0.15, 0.2) is 89.9 Å². The lowest BCUT2D eigenvalue weighted by atomic mass is 10.2. The van der Waals surface area contributed by atoms with Crippen LogP contribution in [0, 0.1) is 6.92 Å². The van der Waals surface area contributed by atoms with E-state index < -0.39 is 0 Å². The number of hydrogen-bond donors (Lipinski definition) is 1. The van der Waals surface area contributed by atoms with E-state index in [0.717, 1.165) is 16.3 Å². The second-order valence-electron chi connectivity index (χ2n) is 5.28. The minimum Gasteiger partial charge on any atom is -0.282 e. The number of para-hydroxylation sites is 1. The Morgan fingerprint density at radius 1 is 0.783 bits per heavy atom. The predicted molar refractivity (Wildman–Crippen MR) is 94.5 cm³/mol. The van der Waals surface area contributed by atoms with Gasteiger partial charge in [-0.25, -0.2) is 10.1 Å². The maximum atomic E-state index is 10.7. The predicted octanol–water partition coefficient (Wildman–Crippen LogP) is 4.97. The van der Waals surface area contributed by atoms with Gasteiger partial charge in [0.05, 0.1) is 11.4 Å². The third kappa shape index (κ3) is 3.65. The fourth-order valence-electron chi connectivity index (χ4n) is 2.25. The molecule has 0 atom stereocenters. The molecule has 0 bridgehead atoms. The zero-order valence-corrected chi connectivity index (χ0v) is 12.9. The molecule has 0 saturated carbocycles. The Balaban J connectivity index is 2.05. The lowest BCUT2D eigenvalue weighted by molar-refractivity contribution is 0.313. The standard InChI is InChI=1S/C20H18N2O/c1-16-12-14-18(15-13-16)21-20(17-8-4-2-5-9-17)22(23)19-10-6-3-7-11-19/h2-15,23H,1H3. The topological polar surface area (TPSA) is 35.8 Å². The van der Waals surface area contributed by atoms with E-state index in [1.54, 1.807) is 0 Å². The van der Waals surface area contributed by atoms with E-state index in [2.05, 4.69) is 4.99 Å². The summed E-state index contributed by atoms with van der Waals surface area (Å²) in [4.78, 5) is 4.64. The van der Waals surface area contributed by atoms with Crippen molar-refractivity contribution in [3.05, 3.63) is 96.1 Å². The van der Waals surface area contributed by atoms with Gasteiger partial charge >= 0.3 is 0 Å². The molecule has 0 aliphatic rings. The van der Waals surface area contributed by atoms with Crippen molar-refractivity contribution >= 4 is 17.2 Å². The number of hydroxylamine groups is 1. The molecule has 0 radical (unpaired) electrons. The van der Waals surface area contributed by atoms with Crippen LogP contribution in [0.5, 0.6) is 0 Å². The van der Waals surface area contributed by atoms with Crippen molar-refractivity contribution in [1.82, 2.24) is 0 Å². The number of rotatable bonds is 3. The van der Waals surface area contributed by atoms with Crippen molar-refractivity contribution in [2.75, 3.05) is 5.06 Å². The maximum Gasteiger partial charge on any atom is 0.165 e. The molecule has 0 aromatic heterocycles. The van der Waals surface area contributed by atoms with Gasteiger partial charge in [0, 0.05) is 5.56 Å². The minimum atomic E-state index is 0.487. The lowest BCUT2D eigenvalue weighted by Crippen LogP contribution is -2.27. The van der Waals surface area contributed by atoms with Crippen LogP contribution in [0.1, 0.15) is 11.1 Å². The molecule has 3 aromatic rings. The first-order valence-electron chi connectivity index (χ1n) is 7.49. The Labute approximate surface area is 136 Å². The summed E-state index contributed by atoms with van der Waals surface area (Å²) in [6.07, 6.45) is 0. The zero-order valence-electron chi connectivity index (χ0n) is 12.9. The summed E-state index contributed by atoms with van der Waals surface area (Å²) in [7, 11) is 0. The Morgan fingerprint density at radius 2 is 1.35 bits per heavy atom. The lowest BCUT2D eigenvalue weighted by Gasteiger charge is -2.19. The number of nitrogens with zero attached hydrogens (tertiary/aromatic N) is 2. The van der Waals surface area contributed by atoms with Gasteiger partial charge in [0.2, 0.25) is 0 Å². The van der Waals surface area contributed by atoms with E-state index in [9.17, 15) is 5.21 Å². The Bertz CT molecular complexity index is 781. The van der Waals surface area contributed by atoms with E-state index in [4.69, 9.17) is 0 Å². The average molecular weight is 302 g/mol. The summed E-state index contributed by atoms with van der Waals surface area (Å²) in [6.45, 7) is 2.04. The summed E-state index contributed by atoms with van der Waals surface area (Å²) in [6, 6.07) is 26.9. The molecule has 3 rings (SSSR count). The molecule has 0 amide bonds. The smallest absolute Gasteiger partial charge is 0.165 e. The van der Waals surface area contributed by atoms with Gasteiger partial charge in [0.1, 0.15) is 0 Å². The molecule has 0 saturated heterocycles. The van der Waals surface area contributed by atoms with Gasteiger partial charge in [-0.15, -0.1) is 0 Å². The van der Waals surface area contributed by atoms with Gasteiger partial charge in [-0.3, -0.25) is 5.21 Å². The van der Waals surface area contributed by atoms with Crippen molar-refractivity contribution < 1.29 is 5.21 Å². The minimum absolute atomic E-state index is 0.487. The van der Waals surface area contributed by atoms with Crippen LogP contribution in [0.2, 0.25) is 0 Å². The molecule has 0 aliphatic carbocycles. The quantitative estimate of drug-likeness (QED) is 0.421. The summed E-state index contributed by atoms with van der Waals surface area (Å²) in [5, 5.41) is 11.8. The summed E-state index contributed by atoms with van der Waals surface area (Å²) in [5.74, 6) is 0.487. The third-order valence-electron chi connectivity index (χ3n) is 3.50. The molecule has 23 heavy (non-hydrogen) atoms. The Hall–Kier alpha value is -2.91. The van der Waals surface area contributed by atoms with Crippen molar-refractivity contribution in [2.45, 2.75) is 6.92 Å². The van der Waals surface area contributed by atoms with Crippen LogP contribution >= 0.6 is 0 Å². The van der Waals surface area contributed by atoms with E-state index in [1.165, 1.54) is 5.56 Å². The highest BCUT2D eigenvalue weighted by Gasteiger charge is 2.13. The van der Waals surface area contributed by atoms with Crippen molar-refractivity contribution in [3.63, 3.8) is 0 Å². The largest absolute Gasteiger partial charge is 0.282 e. The van der Waals surface area contributed by atoms with E-state index in [0.29, 0.717) is 11.5 Å². The molecular formula is C20H18N2O. The van der Waals surface area contributed by atoms with Crippen LogP contribution in [0.25, 0.3) is 0 Å². The molecular weight excluding hydrogens is 284 g/mol. The molecule has 3 aromatic carbocycles. The Morgan fingerprint density at radius 3 is 1.96 bits per heavy atom. The highest BCUT2D eigenvalue weighted by atomic mass is 16.5. The van der Waals surface area contributed by atoms with Crippen LogP contribution in [-0.4, -0.2) is 11.0 Å². The molecule has 1 N–H and O–H groups in total. The van der Waals surface area contributed by atoms with E-state index in [1.807, 2.05) is 91.9 Å². The second-order valence-corrected chi connectivity index (χ2v) is 5.28. The normalized spacial score (nSPS) is 11.3. The highest BCUT2D eigenvalue weighted by molar-refractivity contribution is 6.09. The van der Waals surface area contributed by atoms with Crippen molar-refractivity contribution in [3.8, 4) is 0 Å². The number of benzene rings is 3. The van der Waals surface area contributed by atoms with Crippen LogP contribution in [0.3, 0.4) is 0 Å². The van der Waals surface area contributed by atoms with Gasteiger partial charge < -0.3 is 0 Å². The third-order valence-corrected chi connectivity index (χ3v) is 3.50. The first-order valence-corrected chi connectivity index (χ1v) is 7.49. The number of aryl methyl sites for hydroxylation is 1. The average Bonchev–Trinajstić information content (AvgIpc) is 2.62. The van der Waals surface area contributed by atoms with Crippen LogP contribution in [-0.2, 0) is 0 Å². The van der Waals surface area contributed by atoms with Crippen molar-refractivity contribution in [2.24, 2.45) is 4.99 Å². The number of hydrogen-bond acceptors (Lipinski definition) is 2. The molecule has 3 heteroatoms. The molecule has 0 fully saturated rings. The number of anilines is 1. The van der Waals surface area contributed by atoms with Crippen LogP contribution < -0.4 is 5.06 Å². The first kappa shape index (κ1) is 15.0. The fourth-order valence-corrected chi connectivity index (χ4v) is 2.25. The molecule has 0 unspecified atom stereocenters. The van der Waals surface area contributed by atoms with Gasteiger partial charge in [-0.1, -0.05) is 66.2 Å². The molecule has 3 nitrogen and oxygen atoms in total. The number of amidine groups is 1. The van der Waals surface area contributed by atoms with Crippen LogP contribution in [0.4, 0.5) is 11.4 Å². The monoisotopic (exact) mass is 302 g/mol. The van der Waals surface area contributed by atoms with Crippen molar-refractivity contribution in [1.29, 1.82) is 0 Å². The first-order chi connectivity index (χ1) is 11.2. The Kier molecular flexibility index (Phi) is 4.50. The van der Waals surface area contributed by atoms with Gasteiger partial charge in [-0.05, 0) is 31.2 Å². The summed E-state index contributed by atoms with van der Waals surface area (Å²) in [5.41, 5.74) is 3.49. The summed E-state index contributed by atoms with van der Waals surface area (Å²) >= 11 is 0. The van der Waals surface area contributed by atoms with Gasteiger partial charge in [0.15, 0.2) is 5.84 Å². The van der Waals surface area contributed by atoms with Gasteiger partial charge in [-0.2, -0.15) is 0 Å².